The number of cyclic esters (lactones) is 1. The molecule has 0 saturated heterocycles. The number of rotatable bonds is 4. The summed E-state index contributed by atoms with van der Waals surface area (Å²) >= 11 is 5.84. The van der Waals surface area contributed by atoms with Crippen molar-refractivity contribution in [2.45, 2.75) is 12.8 Å². The van der Waals surface area contributed by atoms with Crippen LogP contribution in [0.15, 0.2) is 57.8 Å². The largest absolute Gasteiger partial charge is 0.465 e. The number of hydrogen-bond acceptors (Lipinski definition) is 4. The molecular weight excluding hydrogens is 290 g/mol. The summed E-state index contributed by atoms with van der Waals surface area (Å²) in [4.78, 5) is 15.9. The Balaban J connectivity index is 1.66. The highest BCUT2D eigenvalue weighted by Gasteiger charge is 2.22. The van der Waals surface area contributed by atoms with Gasteiger partial charge in [0.05, 0.1) is 6.26 Å². The molecule has 0 radical (unpaired) electrons. The summed E-state index contributed by atoms with van der Waals surface area (Å²) in [5.41, 5.74) is 1.37. The van der Waals surface area contributed by atoms with Gasteiger partial charge in [-0.15, -0.1) is 0 Å². The Morgan fingerprint density at radius 3 is 2.67 bits per heavy atom. The predicted octanol–water partition coefficient (Wildman–Crippen LogP) is 3.86. The van der Waals surface area contributed by atoms with E-state index in [2.05, 4.69) is 4.99 Å². The Hall–Kier alpha value is -2.33. The highest BCUT2D eigenvalue weighted by molar-refractivity contribution is 6.30. The maximum atomic E-state index is 11.7. The fourth-order valence-electron chi connectivity index (χ4n) is 1.97. The Labute approximate surface area is 126 Å². The molecule has 5 heteroatoms. The van der Waals surface area contributed by atoms with E-state index in [0.717, 1.165) is 12.0 Å². The van der Waals surface area contributed by atoms with Gasteiger partial charge in [0.1, 0.15) is 5.76 Å². The second-order valence-electron chi connectivity index (χ2n) is 4.57. The van der Waals surface area contributed by atoms with Crippen molar-refractivity contribution < 1.29 is 13.9 Å². The second-order valence-corrected chi connectivity index (χ2v) is 5.00. The molecule has 1 aliphatic heterocycles. The molecule has 21 heavy (non-hydrogen) atoms. The molecular formula is C16H12ClNO3. The summed E-state index contributed by atoms with van der Waals surface area (Å²) in [5.74, 6) is 0.551. The fraction of sp³-hybridized carbons (Fsp3) is 0.125. The lowest BCUT2D eigenvalue weighted by Gasteiger charge is -2.00. The minimum Gasteiger partial charge on any atom is -0.465 e. The van der Waals surface area contributed by atoms with Crippen molar-refractivity contribution in [2.75, 3.05) is 0 Å². The summed E-state index contributed by atoms with van der Waals surface area (Å²) in [6, 6.07) is 11.1. The number of halogens is 1. The van der Waals surface area contributed by atoms with Crippen molar-refractivity contribution in [3.63, 3.8) is 0 Å². The zero-order valence-electron chi connectivity index (χ0n) is 11.1. The molecule has 0 saturated carbocycles. The van der Waals surface area contributed by atoms with E-state index in [1.165, 1.54) is 6.26 Å². The van der Waals surface area contributed by atoms with Crippen LogP contribution in [0.5, 0.6) is 0 Å². The van der Waals surface area contributed by atoms with Crippen LogP contribution in [0.25, 0.3) is 6.08 Å². The van der Waals surface area contributed by atoms with Gasteiger partial charge in [-0.1, -0.05) is 23.7 Å². The van der Waals surface area contributed by atoms with Gasteiger partial charge in [0.2, 0.25) is 0 Å². The maximum absolute atomic E-state index is 11.7. The van der Waals surface area contributed by atoms with Gasteiger partial charge in [0.25, 0.3) is 0 Å². The number of aliphatic imine (C=N–C) groups is 1. The first kappa shape index (κ1) is 13.6. The van der Waals surface area contributed by atoms with Crippen LogP contribution < -0.4 is 0 Å². The summed E-state index contributed by atoms with van der Waals surface area (Å²) in [6.07, 6.45) is 4.40. The van der Waals surface area contributed by atoms with Gasteiger partial charge in [0.15, 0.2) is 11.6 Å². The second kappa shape index (κ2) is 5.97. The molecule has 1 aliphatic rings. The van der Waals surface area contributed by atoms with E-state index < -0.39 is 5.97 Å². The minimum absolute atomic E-state index is 0.260. The highest BCUT2D eigenvalue weighted by atomic mass is 35.5. The quantitative estimate of drug-likeness (QED) is 0.636. The summed E-state index contributed by atoms with van der Waals surface area (Å²) in [5, 5.41) is 0.701. The number of furan rings is 1. The topological polar surface area (TPSA) is 51.8 Å². The third-order valence-corrected chi connectivity index (χ3v) is 3.28. The molecule has 0 fully saturated rings. The highest BCUT2D eigenvalue weighted by Crippen LogP contribution is 2.18. The molecule has 0 atom stereocenters. The Morgan fingerprint density at radius 1 is 1.14 bits per heavy atom. The smallest absolute Gasteiger partial charge is 0.363 e. The number of aryl methyl sites for hydroxylation is 1. The molecule has 0 unspecified atom stereocenters. The van der Waals surface area contributed by atoms with E-state index in [4.69, 9.17) is 20.8 Å². The standard InChI is InChI=1S/C16H12ClNO3/c17-12-6-3-11(4-7-12)5-8-15-18-14(16(19)21-15)10-13-2-1-9-20-13/h1-4,6-7,9-10H,5,8H2/b14-10+. The number of esters is 1. The third kappa shape index (κ3) is 3.41. The molecule has 0 N–H and O–H groups in total. The van der Waals surface area contributed by atoms with Crippen LogP contribution in [0.3, 0.4) is 0 Å². The van der Waals surface area contributed by atoms with Crippen LogP contribution in [0, 0.1) is 0 Å². The molecule has 0 bridgehead atoms. The molecule has 0 spiro atoms. The van der Waals surface area contributed by atoms with Gasteiger partial charge in [-0.3, -0.25) is 0 Å². The Bertz CT molecular complexity index is 700. The molecule has 1 aromatic heterocycles. The van der Waals surface area contributed by atoms with Crippen molar-refractivity contribution in [1.82, 2.24) is 0 Å². The Kier molecular flexibility index (Phi) is 3.88. The van der Waals surface area contributed by atoms with Crippen molar-refractivity contribution >= 4 is 29.5 Å². The number of nitrogens with zero attached hydrogens (tertiary/aromatic N) is 1. The summed E-state index contributed by atoms with van der Waals surface area (Å²) in [7, 11) is 0. The van der Waals surface area contributed by atoms with Crippen molar-refractivity contribution in [3.8, 4) is 0 Å². The van der Waals surface area contributed by atoms with Crippen molar-refractivity contribution in [3.05, 3.63) is 64.7 Å². The van der Waals surface area contributed by atoms with E-state index in [0.29, 0.717) is 23.1 Å². The minimum atomic E-state index is -0.447. The van der Waals surface area contributed by atoms with Crippen LogP contribution in [0.2, 0.25) is 5.02 Å². The van der Waals surface area contributed by atoms with Crippen LogP contribution in [0.1, 0.15) is 17.7 Å². The molecule has 2 aromatic rings. The zero-order valence-corrected chi connectivity index (χ0v) is 11.8. The predicted molar refractivity (Wildman–Crippen MR) is 80.0 cm³/mol. The molecule has 2 heterocycles. The third-order valence-electron chi connectivity index (χ3n) is 3.03. The van der Waals surface area contributed by atoms with Gasteiger partial charge in [-0.05, 0) is 36.2 Å². The van der Waals surface area contributed by atoms with Crippen LogP contribution >= 0.6 is 11.6 Å². The summed E-state index contributed by atoms with van der Waals surface area (Å²) < 4.78 is 10.3. The van der Waals surface area contributed by atoms with Crippen LogP contribution in [-0.4, -0.2) is 11.9 Å². The molecule has 106 valence electrons. The number of carbonyl (C=O) groups is 1. The first-order valence-electron chi connectivity index (χ1n) is 6.50. The van der Waals surface area contributed by atoms with Gasteiger partial charge < -0.3 is 9.15 Å². The first-order valence-corrected chi connectivity index (χ1v) is 6.88. The lowest BCUT2D eigenvalue weighted by Crippen LogP contribution is -2.05. The average Bonchev–Trinajstić information content (AvgIpc) is 3.10. The molecule has 0 aliphatic carbocycles. The van der Waals surface area contributed by atoms with E-state index in [9.17, 15) is 4.79 Å². The van der Waals surface area contributed by atoms with Crippen LogP contribution in [0.4, 0.5) is 0 Å². The molecule has 1 aromatic carbocycles. The number of benzene rings is 1. The monoisotopic (exact) mass is 301 g/mol. The van der Waals surface area contributed by atoms with Crippen LogP contribution in [-0.2, 0) is 16.0 Å². The average molecular weight is 302 g/mol. The lowest BCUT2D eigenvalue weighted by molar-refractivity contribution is -0.130. The summed E-state index contributed by atoms with van der Waals surface area (Å²) in [6.45, 7) is 0. The van der Waals surface area contributed by atoms with E-state index in [-0.39, 0.29) is 5.70 Å². The fourth-order valence-corrected chi connectivity index (χ4v) is 2.10. The lowest BCUT2D eigenvalue weighted by atomic mass is 10.1. The Morgan fingerprint density at radius 2 is 1.95 bits per heavy atom. The SMILES string of the molecule is O=C1OC(CCc2ccc(Cl)cc2)=N/C1=C/c1ccco1. The van der Waals surface area contributed by atoms with Crippen molar-refractivity contribution in [2.24, 2.45) is 4.99 Å². The maximum Gasteiger partial charge on any atom is 0.363 e. The normalized spacial score (nSPS) is 16.1. The van der Waals surface area contributed by atoms with E-state index in [1.54, 1.807) is 18.2 Å². The van der Waals surface area contributed by atoms with Gasteiger partial charge in [-0.2, -0.15) is 0 Å². The number of carbonyl (C=O) groups excluding carboxylic acids is 1. The number of hydrogen-bond donors (Lipinski definition) is 0. The van der Waals surface area contributed by atoms with E-state index in [1.807, 2.05) is 24.3 Å². The molecule has 0 amide bonds. The van der Waals surface area contributed by atoms with E-state index >= 15 is 0 Å². The molecule has 4 nitrogen and oxygen atoms in total. The van der Waals surface area contributed by atoms with Gasteiger partial charge in [0, 0.05) is 17.5 Å². The molecule has 3 rings (SSSR count). The van der Waals surface area contributed by atoms with Crippen molar-refractivity contribution in [1.29, 1.82) is 0 Å². The first-order chi connectivity index (χ1) is 10.2. The van der Waals surface area contributed by atoms with Gasteiger partial charge in [-0.25, -0.2) is 9.79 Å². The van der Waals surface area contributed by atoms with Gasteiger partial charge >= 0.3 is 5.97 Å². The number of ether oxygens (including phenoxy) is 1. The zero-order chi connectivity index (χ0) is 14.7.